The largest absolute Gasteiger partial charge is 0.370 e. The second-order valence-electron chi connectivity index (χ2n) is 3.95. The van der Waals surface area contributed by atoms with E-state index in [2.05, 4.69) is 5.43 Å². The van der Waals surface area contributed by atoms with Crippen molar-refractivity contribution in [2.45, 2.75) is 0 Å². The molecular weight excluding hydrogens is 216 g/mol. The van der Waals surface area contributed by atoms with Crippen molar-refractivity contribution in [3.63, 3.8) is 0 Å². The van der Waals surface area contributed by atoms with E-state index in [-0.39, 0.29) is 5.91 Å². The van der Waals surface area contributed by atoms with Crippen molar-refractivity contribution in [1.29, 1.82) is 0 Å². The third-order valence-electron chi connectivity index (χ3n) is 2.62. The fourth-order valence-electron chi connectivity index (χ4n) is 1.69. The summed E-state index contributed by atoms with van der Waals surface area (Å²) < 4.78 is 5.22. The summed E-state index contributed by atoms with van der Waals surface area (Å²) in [5.74, 6) is -0.0641. The summed E-state index contributed by atoms with van der Waals surface area (Å²) in [4.78, 5) is 11.6. The van der Waals surface area contributed by atoms with E-state index in [0.29, 0.717) is 13.2 Å². The normalized spacial score (nSPS) is 17.2. The molecule has 1 saturated heterocycles. The van der Waals surface area contributed by atoms with Crippen LogP contribution in [0.1, 0.15) is 5.56 Å². The van der Waals surface area contributed by atoms with Crippen LogP contribution in [0.5, 0.6) is 0 Å². The fourth-order valence-corrected chi connectivity index (χ4v) is 1.69. The lowest BCUT2D eigenvalue weighted by atomic mass is 10.2. The van der Waals surface area contributed by atoms with E-state index >= 15 is 0 Å². The SMILES string of the molecule is O=C(C=Cc1ccccc1)N[NH+]1CCOCC1. The minimum Gasteiger partial charge on any atom is -0.370 e. The minimum atomic E-state index is -0.0641. The smallest absolute Gasteiger partial charge is 0.288 e. The van der Waals surface area contributed by atoms with Gasteiger partial charge in [-0.2, -0.15) is 5.43 Å². The van der Waals surface area contributed by atoms with E-state index in [9.17, 15) is 4.79 Å². The fraction of sp³-hybridized carbons (Fsp3) is 0.308. The molecule has 4 heteroatoms. The molecule has 1 aromatic rings. The highest BCUT2D eigenvalue weighted by Crippen LogP contribution is 1.99. The van der Waals surface area contributed by atoms with Crippen molar-refractivity contribution in [3.8, 4) is 0 Å². The van der Waals surface area contributed by atoms with Crippen molar-refractivity contribution in [2.24, 2.45) is 0 Å². The minimum absolute atomic E-state index is 0.0641. The van der Waals surface area contributed by atoms with Crippen molar-refractivity contribution >= 4 is 12.0 Å². The Morgan fingerprint density at radius 1 is 1.24 bits per heavy atom. The Morgan fingerprint density at radius 2 is 1.94 bits per heavy atom. The highest BCUT2D eigenvalue weighted by molar-refractivity contribution is 5.90. The lowest BCUT2D eigenvalue weighted by molar-refractivity contribution is -0.943. The zero-order chi connectivity index (χ0) is 11.9. The number of morpholine rings is 1. The summed E-state index contributed by atoms with van der Waals surface area (Å²) in [6.45, 7) is 3.06. The van der Waals surface area contributed by atoms with Gasteiger partial charge >= 0.3 is 0 Å². The molecule has 1 aliphatic heterocycles. The van der Waals surface area contributed by atoms with Crippen LogP contribution in [-0.4, -0.2) is 32.2 Å². The van der Waals surface area contributed by atoms with E-state index < -0.39 is 0 Å². The third-order valence-corrected chi connectivity index (χ3v) is 2.62. The molecule has 0 aromatic heterocycles. The molecule has 1 aromatic carbocycles. The van der Waals surface area contributed by atoms with E-state index in [1.165, 1.54) is 0 Å². The quantitative estimate of drug-likeness (QED) is 0.701. The highest BCUT2D eigenvalue weighted by atomic mass is 16.5. The summed E-state index contributed by atoms with van der Waals surface area (Å²) in [5, 5.41) is 1.07. The van der Waals surface area contributed by atoms with Crippen LogP contribution in [0, 0.1) is 0 Å². The molecule has 1 fully saturated rings. The molecular formula is C13H17N2O2+. The molecule has 0 aliphatic carbocycles. The molecule has 0 bridgehead atoms. The van der Waals surface area contributed by atoms with Crippen molar-refractivity contribution in [2.75, 3.05) is 26.3 Å². The summed E-state index contributed by atoms with van der Waals surface area (Å²) in [6.07, 6.45) is 3.38. The van der Waals surface area contributed by atoms with Gasteiger partial charge in [-0.05, 0) is 11.6 Å². The molecule has 0 radical (unpaired) electrons. The number of benzene rings is 1. The van der Waals surface area contributed by atoms with Crippen molar-refractivity contribution in [1.82, 2.24) is 5.43 Å². The maximum Gasteiger partial charge on any atom is 0.288 e. The van der Waals surface area contributed by atoms with Crippen LogP contribution in [-0.2, 0) is 9.53 Å². The van der Waals surface area contributed by atoms with Gasteiger partial charge in [-0.15, -0.1) is 0 Å². The van der Waals surface area contributed by atoms with Gasteiger partial charge in [0.25, 0.3) is 5.91 Å². The molecule has 1 heterocycles. The first-order valence-corrected chi connectivity index (χ1v) is 5.81. The Hall–Kier alpha value is -1.65. The van der Waals surface area contributed by atoms with Crippen LogP contribution in [0.4, 0.5) is 0 Å². The average Bonchev–Trinajstić information content (AvgIpc) is 2.39. The van der Waals surface area contributed by atoms with Gasteiger partial charge in [-0.3, -0.25) is 4.79 Å². The van der Waals surface area contributed by atoms with Gasteiger partial charge in [0.1, 0.15) is 13.1 Å². The zero-order valence-electron chi connectivity index (χ0n) is 9.69. The Kier molecular flexibility index (Phi) is 4.30. The van der Waals surface area contributed by atoms with Gasteiger partial charge in [0.05, 0.1) is 13.2 Å². The summed E-state index contributed by atoms with van der Waals surface area (Å²) in [6, 6.07) is 9.78. The molecule has 4 nitrogen and oxygen atoms in total. The number of amides is 1. The number of hydrogen-bond acceptors (Lipinski definition) is 2. The molecule has 0 atom stereocenters. The molecule has 2 N–H and O–H groups in total. The van der Waals surface area contributed by atoms with Crippen LogP contribution in [0.15, 0.2) is 36.4 Å². The number of rotatable bonds is 3. The predicted molar refractivity (Wildman–Crippen MR) is 65.1 cm³/mol. The first kappa shape index (κ1) is 11.8. The zero-order valence-corrected chi connectivity index (χ0v) is 9.69. The maximum atomic E-state index is 11.6. The van der Waals surface area contributed by atoms with Gasteiger partial charge in [0.2, 0.25) is 0 Å². The first-order valence-electron chi connectivity index (χ1n) is 5.81. The van der Waals surface area contributed by atoms with E-state index in [0.717, 1.165) is 23.7 Å². The Morgan fingerprint density at radius 3 is 2.65 bits per heavy atom. The molecule has 1 amide bonds. The number of carbonyl (C=O) groups is 1. The van der Waals surface area contributed by atoms with Crippen molar-refractivity contribution in [3.05, 3.63) is 42.0 Å². The number of hydrogen-bond donors (Lipinski definition) is 2. The van der Waals surface area contributed by atoms with Gasteiger partial charge < -0.3 is 4.74 Å². The third kappa shape index (κ3) is 4.01. The van der Waals surface area contributed by atoms with Crippen LogP contribution in [0.2, 0.25) is 0 Å². The van der Waals surface area contributed by atoms with Gasteiger partial charge in [-0.1, -0.05) is 30.3 Å². The van der Waals surface area contributed by atoms with Crippen LogP contribution in [0.25, 0.3) is 6.08 Å². The number of carbonyl (C=O) groups excluding carboxylic acids is 1. The number of nitrogens with one attached hydrogen (secondary N) is 2. The lowest BCUT2D eigenvalue weighted by Gasteiger charge is -2.22. The predicted octanol–water partition coefficient (Wildman–Crippen LogP) is -0.354. The van der Waals surface area contributed by atoms with E-state index in [4.69, 9.17) is 4.74 Å². The lowest BCUT2D eigenvalue weighted by Crippen LogP contribution is -3.20. The molecule has 0 saturated carbocycles. The van der Waals surface area contributed by atoms with Gasteiger partial charge in [-0.25, -0.2) is 5.01 Å². The molecule has 2 rings (SSSR count). The Balaban J connectivity index is 1.82. The molecule has 1 aliphatic rings. The Labute approximate surface area is 101 Å². The van der Waals surface area contributed by atoms with Crippen LogP contribution in [0.3, 0.4) is 0 Å². The summed E-state index contributed by atoms with van der Waals surface area (Å²) >= 11 is 0. The average molecular weight is 233 g/mol. The number of quaternary nitrogens is 1. The first-order chi connectivity index (χ1) is 8.34. The number of ether oxygens (including phenoxy) is 1. The second kappa shape index (κ2) is 6.18. The van der Waals surface area contributed by atoms with Crippen LogP contribution < -0.4 is 10.4 Å². The summed E-state index contributed by atoms with van der Waals surface area (Å²) in [7, 11) is 0. The van der Waals surface area contributed by atoms with E-state index in [1.807, 2.05) is 36.4 Å². The van der Waals surface area contributed by atoms with Gasteiger partial charge in [0, 0.05) is 6.08 Å². The summed E-state index contributed by atoms with van der Waals surface area (Å²) in [5.41, 5.74) is 3.93. The topological polar surface area (TPSA) is 42.8 Å². The highest BCUT2D eigenvalue weighted by Gasteiger charge is 2.14. The van der Waals surface area contributed by atoms with Crippen molar-refractivity contribution < 1.29 is 14.5 Å². The monoisotopic (exact) mass is 233 g/mol. The standard InChI is InChI=1S/C13H16N2O2/c16-13(14-15-8-10-17-11-9-15)7-6-12-4-2-1-3-5-12/h1-7H,8-11H2,(H,14,16)/p+1. The Bertz CT molecular complexity index is 384. The van der Waals surface area contributed by atoms with E-state index in [1.54, 1.807) is 6.08 Å². The molecule has 0 spiro atoms. The molecule has 90 valence electrons. The van der Waals surface area contributed by atoms with Gasteiger partial charge in [0.15, 0.2) is 0 Å². The molecule has 0 unspecified atom stereocenters. The maximum absolute atomic E-state index is 11.6. The second-order valence-corrected chi connectivity index (χ2v) is 3.95. The molecule has 17 heavy (non-hydrogen) atoms. The van der Waals surface area contributed by atoms with Crippen LogP contribution >= 0.6 is 0 Å².